The van der Waals surface area contributed by atoms with Gasteiger partial charge in [0, 0.05) is 32.3 Å². The van der Waals surface area contributed by atoms with E-state index in [9.17, 15) is 9.59 Å². The van der Waals surface area contributed by atoms with Gasteiger partial charge >= 0.3 is 0 Å². The third-order valence-corrected chi connectivity index (χ3v) is 5.52. The van der Waals surface area contributed by atoms with Crippen LogP contribution in [0.25, 0.3) is 5.57 Å². The van der Waals surface area contributed by atoms with Crippen molar-refractivity contribution in [1.82, 2.24) is 4.90 Å². The summed E-state index contributed by atoms with van der Waals surface area (Å²) in [5.74, 6) is -0.118. The maximum Gasteiger partial charge on any atom is 0.282 e. The zero-order valence-corrected chi connectivity index (χ0v) is 19.4. The highest BCUT2D eigenvalue weighted by molar-refractivity contribution is 6.45. The number of imide groups is 1. The van der Waals surface area contributed by atoms with Crippen LogP contribution in [0.3, 0.4) is 0 Å². The van der Waals surface area contributed by atoms with Crippen molar-refractivity contribution in [3.63, 3.8) is 0 Å². The third kappa shape index (κ3) is 4.80. The fraction of sp³-hybridized carbons (Fsp3) is 0.333. The van der Waals surface area contributed by atoms with Crippen molar-refractivity contribution in [2.45, 2.75) is 6.92 Å². The standard InChI is InChI=1S/C24H27ClN2O5/c1-16-15-18(25)7-10-20(16)27-23(28)21(17-5-8-19(32-4)9-6-17)22(24(27)29)26(11-13-30-2)12-14-31-3/h5-10,15H,11-14H2,1-4H3. The lowest BCUT2D eigenvalue weighted by molar-refractivity contribution is -0.120. The van der Waals surface area contributed by atoms with Crippen LogP contribution in [0.1, 0.15) is 11.1 Å². The number of amides is 2. The summed E-state index contributed by atoms with van der Waals surface area (Å²) in [4.78, 5) is 30.4. The number of anilines is 1. The van der Waals surface area contributed by atoms with Crippen molar-refractivity contribution in [3.8, 4) is 5.75 Å². The molecule has 3 rings (SSSR count). The maximum absolute atomic E-state index is 13.7. The Balaban J connectivity index is 2.14. The quantitative estimate of drug-likeness (QED) is 0.507. The molecule has 0 unspecified atom stereocenters. The lowest BCUT2D eigenvalue weighted by atomic mass is 10.0. The minimum atomic E-state index is -0.390. The van der Waals surface area contributed by atoms with Gasteiger partial charge in [-0.15, -0.1) is 0 Å². The molecule has 170 valence electrons. The van der Waals surface area contributed by atoms with E-state index in [4.69, 9.17) is 25.8 Å². The summed E-state index contributed by atoms with van der Waals surface area (Å²) < 4.78 is 15.7. The van der Waals surface area contributed by atoms with Crippen molar-refractivity contribution in [2.75, 3.05) is 52.5 Å². The smallest absolute Gasteiger partial charge is 0.282 e. The molecule has 32 heavy (non-hydrogen) atoms. The molecular weight excluding hydrogens is 432 g/mol. The van der Waals surface area contributed by atoms with Crippen molar-refractivity contribution in [1.29, 1.82) is 0 Å². The van der Waals surface area contributed by atoms with Crippen molar-refractivity contribution in [2.24, 2.45) is 0 Å². The second kappa shape index (κ2) is 10.6. The summed E-state index contributed by atoms with van der Waals surface area (Å²) in [6.07, 6.45) is 0. The van der Waals surface area contributed by atoms with Crippen molar-refractivity contribution in [3.05, 3.63) is 64.3 Å². The highest BCUT2D eigenvalue weighted by Crippen LogP contribution is 2.37. The van der Waals surface area contributed by atoms with Crippen LogP contribution in [0.4, 0.5) is 5.69 Å². The van der Waals surface area contributed by atoms with E-state index >= 15 is 0 Å². The van der Waals surface area contributed by atoms with E-state index in [1.165, 1.54) is 4.90 Å². The van der Waals surface area contributed by atoms with Crippen LogP contribution in [0.5, 0.6) is 5.75 Å². The predicted molar refractivity (Wildman–Crippen MR) is 124 cm³/mol. The van der Waals surface area contributed by atoms with Gasteiger partial charge in [0.05, 0.1) is 31.6 Å². The zero-order valence-electron chi connectivity index (χ0n) is 18.7. The molecule has 2 amide bonds. The number of benzene rings is 2. The van der Waals surface area contributed by atoms with Gasteiger partial charge in [-0.1, -0.05) is 23.7 Å². The second-order valence-corrected chi connectivity index (χ2v) is 7.74. The first-order chi connectivity index (χ1) is 15.4. The predicted octanol–water partition coefficient (Wildman–Crippen LogP) is 3.54. The molecule has 0 spiro atoms. The summed E-state index contributed by atoms with van der Waals surface area (Å²) >= 11 is 6.10. The number of rotatable bonds is 10. The van der Waals surface area contributed by atoms with E-state index in [2.05, 4.69) is 0 Å². The van der Waals surface area contributed by atoms with E-state index in [0.29, 0.717) is 59.6 Å². The maximum atomic E-state index is 13.7. The molecule has 1 aliphatic rings. The molecule has 0 aromatic heterocycles. The average Bonchev–Trinajstić information content (AvgIpc) is 3.04. The van der Waals surface area contributed by atoms with Crippen LogP contribution in [0.15, 0.2) is 48.2 Å². The summed E-state index contributed by atoms with van der Waals surface area (Å²) in [6.45, 7) is 3.47. The van der Waals surface area contributed by atoms with Crippen LogP contribution in [0.2, 0.25) is 5.02 Å². The lowest BCUT2D eigenvalue weighted by Crippen LogP contribution is -2.38. The Hall–Kier alpha value is -2.87. The number of halogens is 1. The number of nitrogens with zero attached hydrogens (tertiary/aromatic N) is 2. The average molecular weight is 459 g/mol. The molecule has 0 fully saturated rings. The minimum absolute atomic E-state index is 0.323. The highest BCUT2D eigenvalue weighted by Gasteiger charge is 2.42. The monoisotopic (exact) mass is 458 g/mol. The van der Waals surface area contributed by atoms with E-state index in [1.807, 2.05) is 11.8 Å². The SMILES string of the molecule is COCCN(CCOC)C1=C(c2ccc(OC)cc2)C(=O)N(c2ccc(Cl)cc2C)C1=O. The molecule has 2 aromatic carbocycles. The molecule has 0 atom stereocenters. The van der Waals surface area contributed by atoms with Gasteiger partial charge in [-0.25, -0.2) is 4.90 Å². The fourth-order valence-electron chi connectivity index (χ4n) is 3.66. The molecule has 0 N–H and O–H groups in total. The first kappa shape index (κ1) is 23.8. The van der Waals surface area contributed by atoms with Crippen LogP contribution in [-0.4, -0.2) is 64.3 Å². The molecule has 0 radical (unpaired) electrons. The Morgan fingerprint density at radius 2 is 1.53 bits per heavy atom. The normalized spacial score (nSPS) is 13.8. The number of carbonyl (C=O) groups excluding carboxylic acids is 2. The minimum Gasteiger partial charge on any atom is -0.497 e. The molecule has 8 heteroatoms. The molecule has 0 saturated carbocycles. The second-order valence-electron chi connectivity index (χ2n) is 7.30. The zero-order chi connectivity index (χ0) is 23.3. The third-order valence-electron chi connectivity index (χ3n) is 5.28. The van der Waals surface area contributed by atoms with Gasteiger partial charge < -0.3 is 19.1 Å². The number of hydrogen-bond acceptors (Lipinski definition) is 6. The molecule has 1 aliphatic heterocycles. The first-order valence-electron chi connectivity index (χ1n) is 10.2. The Morgan fingerprint density at radius 1 is 0.906 bits per heavy atom. The number of methoxy groups -OCH3 is 3. The van der Waals surface area contributed by atoms with Crippen molar-refractivity contribution < 1.29 is 23.8 Å². The van der Waals surface area contributed by atoms with E-state index in [1.54, 1.807) is 63.8 Å². The molecule has 0 saturated heterocycles. The molecular formula is C24H27ClN2O5. The van der Waals surface area contributed by atoms with Gasteiger partial charge in [0.1, 0.15) is 11.4 Å². The largest absolute Gasteiger partial charge is 0.497 e. The fourth-order valence-corrected chi connectivity index (χ4v) is 3.88. The number of ether oxygens (including phenoxy) is 3. The Morgan fingerprint density at radius 3 is 2.06 bits per heavy atom. The van der Waals surface area contributed by atoms with E-state index in [-0.39, 0.29) is 5.91 Å². The topological polar surface area (TPSA) is 68.3 Å². The lowest BCUT2D eigenvalue weighted by Gasteiger charge is -2.26. The summed E-state index contributed by atoms with van der Waals surface area (Å²) in [5.41, 5.74) is 2.52. The van der Waals surface area contributed by atoms with Gasteiger partial charge in [-0.2, -0.15) is 0 Å². The number of aryl methyl sites for hydroxylation is 1. The Kier molecular flexibility index (Phi) is 7.90. The molecule has 1 heterocycles. The van der Waals surface area contributed by atoms with E-state index in [0.717, 1.165) is 5.56 Å². The van der Waals surface area contributed by atoms with Gasteiger partial charge in [-0.3, -0.25) is 9.59 Å². The van der Waals surface area contributed by atoms with Crippen LogP contribution in [0, 0.1) is 6.92 Å². The number of hydrogen-bond donors (Lipinski definition) is 0. The molecule has 0 aliphatic carbocycles. The van der Waals surface area contributed by atoms with Crippen molar-refractivity contribution >= 4 is 34.7 Å². The highest BCUT2D eigenvalue weighted by atomic mass is 35.5. The van der Waals surface area contributed by atoms with E-state index < -0.39 is 5.91 Å². The Labute approximate surface area is 193 Å². The molecule has 0 bridgehead atoms. The van der Waals surface area contributed by atoms with Gasteiger partial charge in [0.15, 0.2) is 0 Å². The van der Waals surface area contributed by atoms with Crippen LogP contribution < -0.4 is 9.64 Å². The van der Waals surface area contributed by atoms with Gasteiger partial charge in [-0.05, 0) is 48.4 Å². The van der Waals surface area contributed by atoms with Gasteiger partial charge in [0.2, 0.25) is 0 Å². The molecule has 7 nitrogen and oxygen atoms in total. The number of carbonyl (C=O) groups is 2. The Bertz CT molecular complexity index is 1010. The summed E-state index contributed by atoms with van der Waals surface area (Å²) in [6, 6.07) is 12.2. The molecule has 2 aromatic rings. The van der Waals surface area contributed by atoms with Gasteiger partial charge in [0.25, 0.3) is 11.8 Å². The summed E-state index contributed by atoms with van der Waals surface area (Å²) in [7, 11) is 4.77. The van der Waals surface area contributed by atoms with Crippen LogP contribution in [-0.2, 0) is 19.1 Å². The first-order valence-corrected chi connectivity index (χ1v) is 10.6. The summed E-state index contributed by atoms with van der Waals surface area (Å²) in [5, 5.41) is 0.538. The van der Waals surface area contributed by atoms with Crippen LogP contribution >= 0.6 is 11.6 Å².